The van der Waals surface area contributed by atoms with Gasteiger partial charge in [-0.05, 0) is 0 Å². The van der Waals surface area contributed by atoms with Crippen LogP contribution in [0.4, 0.5) is 8.78 Å². The molecule has 0 amide bonds. The van der Waals surface area contributed by atoms with E-state index in [1.54, 1.807) is 0 Å². The van der Waals surface area contributed by atoms with Crippen molar-refractivity contribution in [3.05, 3.63) is 28.5 Å². The van der Waals surface area contributed by atoms with Crippen molar-refractivity contribution in [3.8, 4) is 0 Å². The normalized spacial score (nSPS) is 10.3. The zero-order chi connectivity index (χ0) is 9.14. The van der Waals surface area contributed by atoms with Crippen LogP contribution >= 0.6 is 11.6 Å². The van der Waals surface area contributed by atoms with Gasteiger partial charge in [0.1, 0.15) is 0 Å². The van der Waals surface area contributed by atoms with Crippen LogP contribution in [0.3, 0.4) is 0 Å². The largest absolute Gasteiger partial charge is 0.298 e. The number of hydrogen-bond donors (Lipinski definition) is 0. The molecule has 5 heteroatoms. The standard InChI is InChI=1S/C7H4ClF2NO/c8-6-4(3-12)1-11-2-5(6)7(9)10/h1-3,7H. The summed E-state index contributed by atoms with van der Waals surface area (Å²) in [6.45, 7) is 0. The molecule has 0 saturated carbocycles. The second-order valence-electron chi connectivity index (χ2n) is 2.05. The molecule has 1 heterocycles. The van der Waals surface area contributed by atoms with Crippen molar-refractivity contribution in [2.24, 2.45) is 0 Å². The van der Waals surface area contributed by atoms with E-state index >= 15 is 0 Å². The molecule has 1 aromatic heterocycles. The molecular weight excluding hydrogens is 188 g/mol. The predicted octanol–water partition coefficient (Wildman–Crippen LogP) is 2.49. The van der Waals surface area contributed by atoms with E-state index in [0.29, 0.717) is 6.29 Å². The highest BCUT2D eigenvalue weighted by Crippen LogP contribution is 2.27. The highest BCUT2D eigenvalue weighted by Gasteiger charge is 2.14. The first-order valence-corrected chi connectivity index (χ1v) is 3.41. The maximum atomic E-state index is 12.1. The lowest BCUT2D eigenvalue weighted by Gasteiger charge is -2.02. The molecule has 0 saturated heterocycles. The summed E-state index contributed by atoms with van der Waals surface area (Å²) < 4.78 is 24.2. The smallest absolute Gasteiger partial charge is 0.266 e. The van der Waals surface area contributed by atoms with Crippen molar-refractivity contribution in [1.82, 2.24) is 4.98 Å². The summed E-state index contributed by atoms with van der Waals surface area (Å²) in [6.07, 6.45) is -0.229. The van der Waals surface area contributed by atoms with E-state index in [-0.39, 0.29) is 10.6 Å². The summed E-state index contributed by atoms with van der Waals surface area (Å²) in [7, 11) is 0. The van der Waals surface area contributed by atoms with Gasteiger partial charge >= 0.3 is 0 Å². The molecule has 0 spiro atoms. The van der Waals surface area contributed by atoms with E-state index in [1.807, 2.05) is 0 Å². The van der Waals surface area contributed by atoms with Gasteiger partial charge in [-0.2, -0.15) is 0 Å². The lowest BCUT2D eigenvalue weighted by molar-refractivity contribution is 0.112. The van der Waals surface area contributed by atoms with Crippen LogP contribution in [0.1, 0.15) is 22.3 Å². The molecule has 0 atom stereocenters. The fourth-order valence-electron chi connectivity index (χ4n) is 0.712. The van der Waals surface area contributed by atoms with Gasteiger partial charge in [-0.15, -0.1) is 0 Å². The Morgan fingerprint density at radius 3 is 2.67 bits per heavy atom. The Morgan fingerprint density at radius 2 is 2.17 bits per heavy atom. The van der Waals surface area contributed by atoms with E-state index in [0.717, 1.165) is 12.4 Å². The topological polar surface area (TPSA) is 30.0 Å². The van der Waals surface area contributed by atoms with Crippen LogP contribution in [0.15, 0.2) is 12.4 Å². The van der Waals surface area contributed by atoms with E-state index in [9.17, 15) is 13.6 Å². The second-order valence-corrected chi connectivity index (χ2v) is 2.43. The number of carbonyl (C=O) groups is 1. The quantitative estimate of drug-likeness (QED) is 0.673. The fraction of sp³-hybridized carbons (Fsp3) is 0.143. The molecule has 0 aliphatic heterocycles. The van der Waals surface area contributed by atoms with Crippen molar-refractivity contribution in [3.63, 3.8) is 0 Å². The van der Waals surface area contributed by atoms with Crippen molar-refractivity contribution in [2.45, 2.75) is 6.43 Å². The number of carbonyl (C=O) groups excluding carboxylic acids is 1. The SMILES string of the molecule is O=Cc1cncc(C(F)F)c1Cl. The summed E-state index contributed by atoms with van der Waals surface area (Å²) in [5.41, 5.74) is -0.435. The number of aldehydes is 1. The van der Waals surface area contributed by atoms with Gasteiger partial charge in [0.15, 0.2) is 6.29 Å². The number of pyridine rings is 1. The minimum absolute atomic E-state index is 0.0190. The number of aromatic nitrogens is 1. The molecular formula is C7H4ClF2NO. The average Bonchev–Trinajstić information content (AvgIpc) is 2.04. The van der Waals surface area contributed by atoms with Gasteiger partial charge in [0.05, 0.1) is 16.1 Å². The monoisotopic (exact) mass is 191 g/mol. The van der Waals surface area contributed by atoms with Crippen LogP contribution in [0.25, 0.3) is 0 Å². The fourth-order valence-corrected chi connectivity index (χ4v) is 0.937. The molecule has 0 radical (unpaired) electrons. The molecule has 1 aromatic rings. The Balaban J connectivity index is 3.22. The highest BCUT2D eigenvalue weighted by atomic mass is 35.5. The maximum Gasteiger partial charge on any atom is 0.266 e. The summed E-state index contributed by atoms with van der Waals surface area (Å²) in [5.74, 6) is 0. The van der Waals surface area contributed by atoms with Crippen LogP contribution in [0.5, 0.6) is 0 Å². The van der Waals surface area contributed by atoms with Crippen LogP contribution < -0.4 is 0 Å². The van der Waals surface area contributed by atoms with Gasteiger partial charge in [-0.25, -0.2) is 8.78 Å². The van der Waals surface area contributed by atoms with Crippen molar-refractivity contribution < 1.29 is 13.6 Å². The van der Waals surface area contributed by atoms with E-state index in [1.165, 1.54) is 0 Å². The third kappa shape index (κ3) is 1.58. The highest BCUT2D eigenvalue weighted by molar-refractivity contribution is 6.33. The van der Waals surface area contributed by atoms with Crippen LogP contribution in [-0.2, 0) is 0 Å². The van der Waals surface area contributed by atoms with Crippen LogP contribution in [0.2, 0.25) is 5.02 Å². The molecule has 0 unspecified atom stereocenters. The second kappa shape index (κ2) is 3.58. The summed E-state index contributed by atoms with van der Waals surface area (Å²) in [4.78, 5) is 13.7. The third-order valence-electron chi connectivity index (χ3n) is 1.30. The molecule has 1 rings (SSSR count). The van der Waals surface area contributed by atoms with E-state index in [4.69, 9.17) is 11.6 Å². The summed E-state index contributed by atoms with van der Waals surface area (Å²) >= 11 is 5.45. The van der Waals surface area contributed by atoms with Gasteiger partial charge in [0.2, 0.25) is 0 Å². The maximum absolute atomic E-state index is 12.1. The van der Waals surface area contributed by atoms with Gasteiger partial charge in [-0.1, -0.05) is 11.6 Å². The van der Waals surface area contributed by atoms with Gasteiger partial charge in [0, 0.05) is 12.4 Å². The van der Waals surface area contributed by atoms with Gasteiger partial charge in [0.25, 0.3) is 6.43 Å². The first-order valence-electron chi connectivity index (χ1n) is 3.03. The van der Waals surface area contributed by atoms with E-state index in [2.05, 4.69) is 4.98 Å². The lowest BCUT2D eigenvalue weighted by Crippen LogP contribution is -1.92. The molecule has 2 nitrogen and oxygen atoms in total. The number of rotatable bonds is 2. The molecule has 0 bridgehead atoms. The molecule has 12 heavy (non-hydrogen) atoms. The molecule has 0 aliphatic rings. The number of nitrogens with zero attached hydrogens (tertiary/aromatic N) is 1. The average molecular weight is 192 g/mol. The summed E-state index contributed by atoms with van der Waals surface area (Å²) in [6, 6.07) is 0. The number of alkyl halides is 2. The zero-order valence-electron chi connectivity index (χ0n) is 5.80. The lowest BCUT2D eigenvalue weighted by atomic mass is 10.2. The first kappa shape index (κ1) is 9.06. The Labute approximate surface area is 72.2 Å². The number of halogens is 3. The minimum Gasteiger partial charge on any atom is -0.298 e. The zero-order valence-corrected chi connectivity index (χ0v) is 6.55. The molecule has 0 fully saturated rings. The Kier molecular flexibility index (Phi) is 2.70. The molecule has 0 aromatic carbocycles. The summed E-state index contributed by atoms with van der Waals surface area (Å²) in [5, 5.41) is -0.227. The first-order chi connectivity index (χ1) is 5.66. The molecule has 64 valence electrons. The van der Waals surface area contributed by atoms with Crippen molar-refractivity contribution in [1.29, 1.82) is 0 Å². The molecule has 0 N–H and O–H groups in total. The Morgan fingerprint density at radius 1 is 1.50 bits per heavy atom. The molecule has 0 aliphatic carbocycles. The predicted molar refractivity (Wildman–Crippen MR) is 39.6 cm³/mol. The van der Waals surface area contributed by atoms with Crippen molar-refractivity contribution >= 4 is 17.9 Å². The minimum atomic E-state index is -2.70. The van der Waals surface area contributed by atoms with Crippen LogP contribution in [0, 0.1) is 0 Å². The van der Waals surface area contributed by atoms with Gasteiger partial charge < -0.3 is 0 Å². The Bertz CT molecular complexity index is 303. The van der Waals surface area contributed by atoms with Crippen LogP contribution in [-0.4, -0.2) is 11.3 Å². The van der Waals surface area contributed by atoms with E-state index < -0.39 is 12.0 Å². The Hall–Kier alpha value is -1.03. The van der Waals surface area contributed by atoms with Gasteiger partial charge in [-0.3, -0.25) is 9.78 Å². The number of hydrogen-bond acceptors (Lipinski definition) is 2. The third-order valence-corrected chi connectivity index (χ3v) is 1.73. The van der Waals surface area contributed by atoms with Crippen molar-refractivity contribution in [2.75, 3.05) is 0 Å².